The molecule has 1 heterocycles. The van der Waals surface area contributed by atoms with Crippen LogP contribution in [0.3, 0.4) is 0 Å². The van der Waals surface area contributed by atoms with Crippen molar-refractivity contribution in [2.24, 2.45) is 5.73 Å². The Morgan fingerprint density at radius 2 is 2.32 bits per heavy atom. The molecule has 102 valence electrons. The highest BCUT2D eigenvalue weighted by Gasteiger charge is 2.22. The number of benzene rings is 1. The molecule has 1 aliphatic rings. The van der Waals surface area contributed by atoms with Crippen LogP contribution in [0.2, 0.25) is 0 Å². The first-order chi connectivity index (χ1) is 9.22. The molecule has 0 bridgehead atoms. The highest BCUT2D eigenvalue weighted by Crippen LogP contribution is 2.18. The van der Waals surface area contributed by atoms with Gasteiger partial charge >= 0.3 is 0 Å². The first kappa shape index (κ1) is 12.6. The molecular weight excluding hydrogens is 238 g/mol. The third kappa shape index (κ3) is 2.80. The molecule has 0 spiro atoms. The van der Waals surface area contributed by atoms with Crippen molar-refractivity contribution in [3.63, 3.8) is 0 Å². The number of nitrogens with zero attached hydrogens (tertiary/aromatic N) is 1. The highest BCUT2D eigenvalue weighted by molar-refractivity contribution is 5.73. The Morgan fingerprint density at radius 3 is 3.11 bits per heavy atom. The molecule has 1 fully saturated rings. The van der Waals surface area contributed by atoms with Crippen molar-refractivity contribution < 1.29 is 4.42 Å². The van der Waals surface area contributed by atoms with E-state index in [1.165, 1.54) is 18.4 Å². The van der Waals surface area contributed by atoms with Gasteiger partial charge in [0.25, 0.3) is 0 Å². The van der Waals surface area contributed by atoms with Gasteiger partial charge in [0, 0.05) is 19.0 Å². The zero-order valence-electron chi connectivity index (χ0n) is 11.4. The number of aryl methyl sites for hydroxylation is 1. The zero-order chi connectivity index (χ0) is 13.2. The third-order valence-corrected chi connectivity index (χ3v) is 3.95. The maximum atomic E-state index is 6.05. The van der Waals surface area contributed by atoms with Crippen LogP contribution in [0.25, 0.3) is 11.1 Å². The Kier molecular flexibility index (Phi) is 3.53. The Bertz CT molecular complexity index is 564. The number of rotatable bonds is 4. The largest absolute Gasteiger partial charge is 0.441 e. The number of hydrogen-bond acceptors (Lipinski definition) is 4. The monoisotopic (exact) mass is 259 g/mol. The van der Waals surface area contributed by atoms with E-state index in [9.17, 15) is 0 Å². The minimum absolute atomic E-state index is 0.333. The van der Waals surface area contributed by atoms with E-state index in [4.69, 9.17) is 10.2 Å². The van der Waals surface area contributed by atoms with E-state index in [2.05, 4.69) is 22.4 Å². The summed E-state index contributed by atoms with van der Waals surface area (Å²) in [6.07, 6.45) is 4.61. The summed E-state index contributed by atoms with van der Waals surface area (Å²) in [6, 6.07) is 7.07. The van der Waals surface area contributed by atoms with Crippen LogP contribution < -0.4 is 11.1 Å². The van der Waals surface area contributed by atoms with Crippen LogP contribution in [0, 0.1) is 6.92 Å². The minimum Gasteiger partial charge on any atom is -0.441 e. The molecule has 1 saturated carbocycles. The average molecular weight is 259 g/mol. The van der Waals surface area contributed by atoms with Crippen molar-refractivity contribution in [1.82, 2.24) is 10.3 Å². The van der Waals surface area contributed by atoms with Crippen molar-refractivity contribution in [3.05, 3.63) is 29.7 Å². The predicted octanol–water partition coefficient (Wildman–Crippen LogP) is 2.15. The summed E-state index contributed by atoms with van der Waals surface area (Å²) < 4.78 is 5.55. The van der Waals surface area contributed by atoms with Crippen LogP contribution in [-0.2, 0) is 6.42 Å². The molecule has 1 aromatic carbocycles. The van der Waals surface area contributed by atoms with Gasteiger partial charge in [0.2, 0.25) is 0 Å². The second-order valence-corrected chi connectivity index (χ2v) is 5.44. The Morgan fingerprint density at radius 1 is 1.42 bits per heavy atom. The molecular formula is C15H21N3O. The predicted molar refractivity (Wildman–Crippen MR) is 76.1 cm³/mol. The molecule has 0 amide bonds. The SMILES string of the molecule is Cc1nc2ccc(CCNC3CCCC3N)cc2o1. The number of fused-ring (bicyclic) bond motifs is 1. The fourth-order valence-corrected chi connectivity index (χ4v) is 2.88. The Balaban J connectivity index is 1.58. The molecule has 0 saturated heterocycles. The first-order valence-corrected chi connectivity index (χ1v) is 7.07. The lowest BCUT2D eigenvalue weighted by Gasteiger charge is -2.17. The van der Waals surface area contributed by atoms with Crippen LogP contribution in [0.1, 0.15) is 30.7 Å². The summed E-state index contributed by atoms with van der Waals surface area (Å²) in [4.78, 5) is 4.31. The van der Waals surface area contributed by atoms with E-state index in [1.54, 1.807) is 0 Å². The van der Waals surface area contributed by atoms with Gasteiger partial charge in [0.05, 0.1) is 0 Å². The molecule has 0 radical (unpaired) electrons. The van der Waals surface area contributed by atoms with Gasteiger partial charge in [-0.15, -0.1) is 0 Å². The Hall–Kier alpha value is -1.39. The fraction of sp³-hybridized carbons (Fsp3) is 0.533. The lowest BCUT2D eigenvalue weighted by Crippen LogP contribution is -2.41. The first-order valence-electron chi connectivity index (χ1n) is 7.07. The van der Waals surface area contributed by atoms with Crippen molar-refractivity contribution in [2.45, 2.75) is 44.7 Å². The molecule has 2 aromatic rings. The van der Waals surface area contributed by atoms with Crippen molar-refractivity contribution in [1.29, 1.82) is 0 Å². The van der Waals surface area contributed by atoms with Crippen LogP contribution in [0.4, 0.5) is 0 Å². The van der Waals surface area contributed by atoms with Gasteiger partial charge in [0.15, 0.2) is 11.5 Å². The van der Waals surface area contributed by atoms with Gasteiger partial charge in [0.1, 0.15) is 5.52 Å². The van der Waals surface area contributed by atoms with Crippen molar-refractivity contribution in [2.75, 3.05) is 6.54 Å². The summed E-state index contributed by atoms with van der Waals surface area (Å²) in [5, 5.41) is 3.56. The quantitative estimate of drug-likeness (QED) is 0.883. The van der Waals surface area contributed by atoms with Crippen LogP contribution in [0.15, 0.2) is 22.6 Å². The third-order valence-electron chi connectivity index (χ3n) is 3.95. The van der Waals surface area contributed by atoms with E-state index in [-0.39, 0.29) is 0 Å². The lowest BCUT2D eigenvalue weighted by atomic mass is 10.1. The summed E-state index contributed by atoms with van der Waals surface area (Å²) in [5.41, 5.74) is 9.15. The number of aromatic nitrogens is 1. The smallest absolute Gasteiger partial charge is 0.192 e. The maximum Gasteiger partial charge on any atom is 0.192 e. The second-order valence-electron chi connectivity index (χ2n) is 5.44. The number of nitrogens with two attached hydrogens (primary N) is 1. The normalized spacial score (nSPS) is 23.3. The van der Waals surface area contributed by atoms with E-state index in [1.807, 2.05) is 13.0 Å². The van der Waals surface area contributed by atoms with Crippen LogP contribution >= 0.6 is 0 Å². The van der Waals surface area contributed by atoms with E-state index in [0.717, 1.165) is 36.4 Å². The highest BCUT2D eigenvalue weighted by atomic mass is 16.3. The molecule has 3 N–H and O–H groups in total. The standard InChI is InChI=1S/C15H21N3O/c1-10-18-14-6-5-11(9-15(14)19-10)7-8-17-13-4-2-3-12(13)16/h5-6,9,12-13,17H,2-4,7-8,16H2,1H3. The summed E-state index contributed by atoms with van der Waals surface area (Å²) >= 11 is 0. The number of hydrogen-bond donors (Lipinski definition) is 2. The summed E-state index contributed by atoms with van der Waals surface area (Å²) in [6.45, 7) is 2.85. The summed E-state index contributed by atoms with van der Waals surface area (Å²) in [7, 11) is 0. The summed E-state index contributed by atoms with van der Waals surface area (Å²) in [5.74, 6) is 0.724. The van der Waals surface area contributed by atoms with Gasteiger partial charge in [-0.1, -0.05) is 12.5 Å². The van der Waals surface area contributed by atoms with Crippen molar-refractivity contribution in [3.8, 4) is 0 Å². The van der Waals surface area contributed by atoms with Gasteiger partial charge in [-0.3, -0.25) is 0 Å². The van der Waals surface area contributed by atoms with Crippen LogP contribution in [0.5, 0.6) is 0 Å². The minimum atomic E-state index is 0.333. The molecule has 19 heavy (non-hydrogen) atoms. The number of nitrogens with one attached hydrogen (secondary N) is 1. The topological polar surface area (TPSA) is 64.1 Å². The molecule has 3 rings (SSSR count). The van der Waals surface area contributed by atoms with E-state index >= 15 is 0 Å². The van der Waals surface area contributed by atoms with Gasteiger partial charge in [-0.2, -0.15) is 0 Å². The molecule has 1 aliphatic carbocycles. The number of oxazole rings is 1. The second kappa shape index (κ2) is 5.31. The van der Waals surface area contributed by atoms with E-state index in [0.29, 0.717) is 12.1 Å². The maximum absolute atomic E-state index is 6.05. The Labute approximate surface area is 113 Å². The molecule has 0 aliphatic heterocycles. The molecule has 4 nitrogen and oxygen atoms in total. The van der Waals surface area contributed by atoms with Gasteiger partial charge < -0.3 is 15.5 Å². The van der Waals surface area contributed by atoms with E-state index < -0.39 is 0 Å². The van der Waals surface area contributed by atoms with Gasteiger partial charge in [-0.25, -0.2) is 4.98 Å². The van der Waals surface area contributed by atoms with Crippen molar-refractivity contribution >= 4 is 11.1 Å². The zero-order valence-corrected chi connectivity index (χ0v) is 11.4. The molecule has 4 heteroatoms. The van der Waals surface area contributed by atoms with Gasteiger partial charge in [-0.05, 0) is 43.5 Å². The van der Waals surface area contributed by atoms with Crippen LogP contribution in [-0.4, -0.2) is 23.6 Å². The lowest BCUT2D eigenvalue weighted by molar-refractivity contribution is 0.479. The molecule has 2 atom stereocenters. The average Bonchev–Trinajstić information content (AvgIpc) is 2.94. The molecule has 2 unspecified atom stereocenters. The molecule has 1 aromatic heterocycles. The fourth-order valence-electron chi connectivity index (χ4n) is 2.88.